The van der Waals surface area contributed by atoms with Crippen LogP contribution in [0.25, 0.3) is 0 Å². The van der Waals surface area contributed by atoms with Crippen molar-refractivity contribution < 1.29 is 9.53 Å². The first-order valence-corrected chi connectivity index (χ1v) is 7.66. The molecule has 2 aromatic carbocycles. The molecule has 2 aromatic rings. The Balaban J connectivity index is 1.80. The normalized spacial score (nSPS) is 20.9. The summed E-state index contributed by atoms with van der Waals surface area (Å²) in [4.78, 5) is 12.3. The predicted octanol–water partition coefficient (Wildman–Crippen LogP) is 4.65. The van der Waals surface area contributed by atoms with Gasteiger partial charge in [-0.3, -0.25) is 4.79 Å². The molecule has 1 fully saturated rings. The maximum Gasteiger partial charge on any atom is 0.144 e. The van der Waals surface area contributed by atoms with E-state index in [0.717, 1.165) is 12.2 Å². The van der Waals surface area contributed by atoms with Crippen LogP contribution in [-0.4, -0.2) is 5.78 Å². The molecule has 0 bridgehead atoms. The molecule has 1 saturated carbocycles. The second kappa shape index (κ2) is 6.18. The van der Waals surface area contributed by atoms with Crippen molar-refractivity contribution in [1.82, 2.24) is 0 Å². The molecule has 0 heterocycles. The van der Waals surface area contributed by atoms with Gasteiger partial charge in [0.1, 0.15) is 17.3 Å². The largest absolute Gasteiger partial charge is 0.462 e. The fourth-order valence-corrected chi connectivity index (χ4v) is 3.13. The van der Waals surface area contributed by atoms with Crippen LogP contribution < -0.4 is 4.74 Å². The number of allylic oxidation sites excluding steroid dienone is 1. The van der Waals surface area contributed by atoms with Crippen molar-refractivity contribution in [2.75, 3.05) is 0 Å². The Morgan fingerprint density at radius 3 is 2.45 bits per heavy atom. The van der Waals surface area contributed by atoms with Crippen LogP contribution in [0, 0.1) is 12.8 Å². The number of hydrogen-bond acceptors (Lipinski definition) is 2. The fourth-order valence-electron chi connectivity index (χ4n) is 3.13. The van der Waals surface area contributed by atoms with E-state index in [4.69, 9.17) is 4.74 Å². The molecule has 0 aromatic heterocycles. The molecule has 1 aliphatic rings. The fraction of sp³-hybridized carbons (Fsp3) is 0.250. The van der Waals surface area contributed by atoms with E-state index in [1.54, 1.807) is 0 Å². The zero-order valence-electron chi connectivity index (χ0n) is 12.8. The lowest BCUT2D eigenvalue weighted by atomic mass is 9.87. The third-order valence-electron chi connectivity index (χ3n) is 4.30. The molecule has 3 rings (SSSR count). The summed E-state index contributed by atoms with van der Waals surface area (Å²) in [5, 5.41) is 0. The molecule has 0 aliphatic heterocycles. The van der Waals surface area contributed by atoms with E-state index in [1.807, 2.05) is 49.4 Å². The smallest absolute Gasteiger partial charge is 0.144 e. The van der Waals surface area contributed by atoms with Gasteiger partial charge < -0.3 is 4.74 Å². The summed E-state index contributed by atoms with van der Waals surface area (Å²) in [7, 11) is 0. The summed E-state index contributed by atoms with van der Waals surface area (Å²) in [6, 6.07) is 18.0. The van der Waals surface area contributed by atoms with Crippen molar-refractivity contribution in [3.8, 4) is 5.75 Å². The number of ketones is 1. The zero-order valence-corrected chi connectivity index (χ0v) is 12.8. The first-order valence-electron chi connectivity index (χ1n) is 7.66. The lowest BCUT2D eigenvalue weighted by molar-refractivity contribution is -0.120. The monoisotopic (exact) mass is 292 g/mol. The summed E-state index contributed by atoms with van der Waals surface area (Å²) < 4.78 is 5.86. The van der Waals surface area contributed by atoms with E-state index >= 15 is 0 Å². The molecule has 0 radical (unpaired) electrons. The number of Topliss-reactive ketones (excluding diaryl/α,β-unsaturated/α-hetero) is 1. The van der Waals surface area contributed by atoms with E-state index in [9.17, 15) is 4.79 Å². The molecular weight excluding hydrogens is 272 g/mol. The van der Waals surface area contributed by atoms with Gasteiger partial charge in [0.25, 0.3) is 0 Å². The number of carbonyl (C=O) groups is 1. The van der Waals surface area contributed by atoms with E-state index in [0.29, 0.717) is 12.2 Å². The zero-order chi connectivity index (χ0) is 15.5. The average Bonchev–Trinajstić information content (AvgIpc) is 2.92. The molecule has 2 atom stereocenters. The van der Waals surface area contributed by atoms with Gasteiger partial charge in [-0.1, -0.05) is 54.6 Å². The third-order valence-corrected chi connectivity index (χ3v) is 4.30. The van der Waals surface area contributed by atoms with Crippen molar-refractivity contribution in [2.45, 2.75) is 25.7 Å². The van der Waals surface area contributed by atoms with E-state index in [2.05, 4.69) is 18.7 Å². The van der Waals surface area contributed by atoms with Crippen LogP contribution in [0.4, 0.5) is 0 Å². The van der Waals surface area contributed by atoms with E-state index in [1.165, 1.54) is 11.1 Å². The van der Waals surface area contributed by atoms with Gasteiger partial charge in [0.2, 0.25) is 0 Å². The molecule has 0 spiro atoms. The number of rotatable bonds is 4. The molecular formula is C20H20O2. The highest BCUT2D eigenvalue weighted by Gasteiger charge is 2.38. The second-order valence-electron chi connectivity index (χ2n) is 5.88. The van der Waals surface area contributed by atoms with Crippen molar-refractivity contribution >= 4 is 5.78 Å². The first kappa shape index (κ1) is 14.6. The van der Waals surface area contributed by atoms with Gasteiger partial charge in [-0.2, -0.15) is 0 Å². The minimum Gasteiger partial charge on any atom is -0.462 e. The molecule has 2 heteroatoms. The number of ether oxygens (including phenoxy) is 1. The van der Waals surface area contributed by atoms with Crippen LogP contribution in [0.3, 0.4) is 0 Å². The van der Waals surface area contributed by atoms with Crippen molar-refractivity contribution in [3.63, 3.8) is 0 Å². The Hall–Kier alpha value is -2.35. The maximum absolute atomic E-state index is 12.3. The van der Waals surface area contributed by atoms with Gasteiger partial charge in [0, 0.05) is 12.3 Å². The van der Waals surface area contributed by atoms with E-state index < -0.39 is 0 Å². The highest BCUT2D eigenvalue weighted by atomic mass is 16.5. The molecule has 2 nitrogen and oxygen atoms in total. The molecule has 1 aliphatic carbocycles. The molecule has 0 saturated heterocycles. The van der Waals surface area contributed by atoms with Gasteiger partial charge in [0.05, 0.1) is 5.92 Å². The summed E-state index contributed by atoms with van der Waals surface area (Å²) in [5.74, 6) is 1.45. The van der Waals surface area contributed by atoms with Crippen LogP contribution in [0.15, 0.2) is 66.9 Å². The number of benzene rings is 2. The second-order valence-corrected chi connectivity index (χ2v) is 5.88. The Kier molecular flexibility index (Phi) is 4.10. The Morgan fingerprint density at radius 2 is 1.77 bits per heavy atom. The Bertz CT molecular complexity index is 671. The Morgan fingerprint density at radius 1 is 1.09 bits per heavy atom. The third kappa shape index (κ3) is 2.96. The SMILES string of the molecule is C=C(Oc1ccc(C)cc1)[C@@H]1C(=O)CC[C@H]1c1ccccc1. The van der Waals surface area contributed by atoms with Crippen molar-refractivity contribution in [1.29, 1.82) is 0 Å². The molecule has 112 valence electrons. The molecule has 22 heavy (non-hydrogen) atoms. The summed E-state index contributed by atoms with van der Waals surface area (Å²) in [5.41, 5.74) is 2.36. The van der Waals surface area contributed by atoms with Gasteiger partial charge >= 0.3 is 0 Å². The number of aryl methyl sites for hydroxylation is 1. The van der Waals surface area contributed by atoms with Gasteiger partial charge in [0.15, 0.2) is 0 Å². The summed E-state index contributed by atoms with van der Waals surface area (Å²) >= 11 is 0. The molecule has 0 N–H and O–H groups in total. The maximum atomic E-state index is 12.3. The van der Waals surface area contributed by atoms with Gasteiger partial charge in [-0.05, 0) is 31.0 Å². The van der Waals surface area contributed by atoms with Crippen LogP contribution >= 0.6 is 0 Å². The number of carbonyl (C=O) groups excluding carboxylic acids is 1. The van der Waals surface area contributed by atoms with Crippen molar-refractivity contribution in [3.05, 3.63) is 78.1 Å². The van der Waals surface area contributed by atoms with Gasteiger partial charge in [-0.25, -0.2) is 0 Å². The minimum absolute atomic E-state index is 0.173. The first-order chi connectivity index (χ1) is 10.6. The predicted molar refractivity (Wildman–Crippen MR) is 87.9 cm³/mol. The van der Waals surface area contributed by atoms with Crippen LogP contribution in [0.1, 0.15) is 29.9 Å². The summed E-state index contributed by atoms with van der Waals surface area (Å²) in [6.45, 7) is 6.07. The highest BCUT2D eigenvalue weighted by molar-refractivity contribution is 5.86. The van der Waals surface area contributed by atoms with E-state index in [-0.39, 0.29) is 17.6 Å². The number of hydrogen-bond donors (Lipinski definition) is 0. The Labute approximate surface area is 131 Å². The highest BCUT2D eigenvalue weighted by Crippen LogP contribution is 2.41. The average molecular weight is 292 g/mol. The quantitative estimate of drug-likeness (QED) is 0.767. The standard InChI is InChI=1S/C20H20O2/c1-14-8-10-17(11-9-14)22-15(2)20-18(12-13-19(20)21)16-6-4-3-5-7-16/h3-11,18,20H,2,12-13H2,1H3/t18-,20-/m0/s1. The topological polar surface area (TPSA) is 26.3 Å². The van der Waals surface area contributed by atoms with Crippen LogP contribution in [0.2, 0.25) is 0 Å². The lowest BCUT2D eigenvalue weighted by Gasteiger charge is -2.21. The van der Waals surface area contributed by atoms with Crippen molar-refractivity contribution in [2.24, 2.45) is 5.92 Å². The van der Waals surface area contributed by atoms with Crippen LogP contribution in [0.5, 0.6) is 5.75 Å². The summed E-state index contributed by atoms with van der Waals surface area (Å²) in [6.07, 6.45) is 1.46. The van der Waals surface area contributed by atoms with Crippen LogP contribution in [-0.2, 0) is 4.79 Å². The molecule has 0 unspecified atom stereocenters. The van der Waals surface area contributed by atoms with Gasteiger partial charge in [-0.15, -0.1) is 0 Å². The lowest BCUT2D eigenvalue weighted by Crippen LogP contribution is -2.19. The minimum atomic E-state index is -0.247. The molecule has 0 amide bonds.